The molecule has 0 aliphatic heterocycles. The zero-order chi connectivity index (χ0) is 15.7. The van der Waals surface area contributed by atoms with Crippen LogP contribution in [0, 0.1) is 0 Å². The number of ether oxygens (including phenoxy) is 1. The maximum absolute atomic E-state index is 11.9. The molecule has 2 heterocycles. The average molecular weight is 332 g/mol. The fraction of sp³-hybridized carbons (Fsp3) is 0.133. The van der Waals surface area contributed by atoms with Crippen molar-refractivity contribution in [3.05, 3.63) is 41.3 Å². The fourth-order valence-electron chi connectivity index (χ4n) is 1.82. The van der Waals surface area contributed by atoms with Gasteiger partial charge in [0.15, 0.2) is 6.10 Å². The van der Waals surface area contributed by atoms with E-state index in [1.165, 1.54) is 18.3 Å². The summed E-state index contributed by atoms with van der Waals surface area (Å²) in [6, 6.07) is 11.4. The number of hydrogen-bond acceptors (Lipinski definition) is 6. The Labute approximate surface area is 134 Å². The van der Waals surface area contributed by atoms with Gasteiger partial charge in [-0.05, 0) is 31.2 Å². The first-order valence-corrected chi connectivity index (χ1v) is 8.14. The number of carbonyl (C=O) groups excluding carboxylic acids is 2. The van der Waals surface area contributed by atoms with Crippen LogP contribution in [-0.2, 0) is 9.53 Å². The van der Waals surface area contributed by atoms with Crippen molar-refractivity contribution in [3.63, 3.8) is 0 Å². The van der Waals surface area contributed by atoms with E-state index in [1.807, 2.05) is 30.3 Å². The highest BCUT2D eigenvalue weighted by molar-refractivity contribution is 7.26. The highest BCUT2D eigenvalue weighted by atomic mass is 32.1. The van der Waals surface area contributed by atoms with Gasteiger partial charge in [-0.1, -0.05) is 12.1 Å². The van der Waals surface area contributed by atoms with Gasteiger partial charge >= 0.3 is 5.97 Å². The molecule has 0 unspecified atom stereocenters. The number of amides is 1. The number of esters is 1. The van der Waals surface area contributed by atoms with Crippen LogP contribution >= 0.6 is 22.7 Å². The van der Waals surface area contributed by atoms with Gasteiger partial charge in [-0.3, -0.25) is 4.79 Å². The summed E-state index contributed by atoms with van der Waals surface area (Å²) >= 11 is 2.85. The van der Waals surface area contributed by atoms with Gasteiger partial charge in [-0.15, -0.1) is 22.7 Å². The summed E-state index contributed by atoms with van der Waals surface area (Å²) < 4.78 is 6.08. The third-order valence-corrected chi connectivity index (χ3v) is 5.27. The Morgan fingerprint density at radius 1 is 1.18 bits per heavy atom. The molecule has 1 aromatic carbocycles. The molecule has 7 heteroatoms. The Kier molecular flexibility index (Phi) is 3.91. The lowest BCUT2D eigenvalue weighted by Crippen LogP contribution is -2.30. The third kappa shape index (κ3) is 2.86. The summed E-state index contributed by atoms with van der Waals surface area (Å²) in [6.45, 7) is 1.45. The molecule has 0 radical (unpaired) electrons. The minimum atomic E-state index is -0.944. The van der Waals surface area contributed by atoms with Gasteiger partial charge < -0.3 is 10.5 Å². The number of carbonyl (C=O) groups is 2. The lowest BCUT2D eigenvalue weighted by Gasteiger charge is -2.07. The van der Waals surface area contributed by atoms with Gasteiger partial charge in [0.25, 0.3) is 5.91 Å². The third-order valence-electron chi connectivity index (χ3n) is 3.00. The highest BCUT2D eigenvalue weighted by Gasteiger charge is 2.19. The summed E-state index contributed by atoms with van der Waals surface area (Å²) in [7, 11) is 0. The molecule has 0 saturated heterocycles. The summed E-state index contributed by atoms with van der Waals surface area (Å²) in [5, 5.41) is 0.855. The Hall–Kier alpha value is -2.25. The van der Waals surface area contributed by atoms with Gasteiger partial charge in [0.2, 0.25) is 0 Å². The molecule has 0 bridgehead atoms. The highest BCUT2D eigenvalue weighted by Crippen LogP contribution is 2.34. The first-order chi connectivity index (χ1) is 10.5. The minimum absolute atomic E-state index is 0.419. The molecule has 112 valence electrons. The van der Waals surface area contributed by atoms with Crippen molar-refractivity contribution in [2.24, 2.45) is 5.73 Å². The molecule has 22 heavy (non-hydrogen) atoms. The number of thiazole rings is 1. The molecule has 0 aliphatic rings. The molecule has 1 amide bonds. The first-order valence-electron chi connectivity index (χ1n) is 6.50. The molecule has 0 fully saturated rings. The largest absolute Gasteiger partial charge is 0.448 e. The molecule has 2 N–H and O–H groups in total. The predicted octanol–water partition coefficient (Wildman–Crippen LogP) is 3.06. The van der Waals surface area contributed by atoms with Crippen molar-refractivity contribution < 1.29 is 14.3 Å². The molecule has 0 saturated carbocycles. The number of nitrogens with two attached hydrogens (primary N) is 1. The molecule has 2 aromatic heterocycles. The predicted molar refractivity (Wildman–Crippen MR) is 87.0 cm³/mol. The molecule has 3 aromatic rings. The van der Waals surface area contributed by atoms with E-state index >= 15 is 0 Å². The zero-order valence-electron chi connectivity index (χ0n) is 11.6. The van der Waals surface area contributed by atoms with Crippen LogP contribution in [0.3, 0.4) is 0 Å². The second-order valence-electron chi connectivity index (χ2n) is 4.60. The van der Waals surface area contributed by atoms with Crippen LogP contribution in [0.4, 0.5) is 0 Å². The second-order valence-corrected chi connectivity index (χ2v) is 6.71. The van der Waals surface area contributed by atoms with Crippen LogP contribution in [0.5, 0.6) is 0 Å². The molecule has 5 nitrogen and oxygen atoms in total. The molecule has 0 aliphatic carbocycles. The molecular weight excluding hydrogens is 320 g/mol. The van der Waals surface area contributed by atoms with Crippen molar-refractivity contribution in [2.45, 2.75) is 13.0 Å². The van der Waals surface area contributed by atoms with Gasteiger partial charge in [-0.25, -0.2) is 9.78 Å². The minimum Gasteiger partial charge on any atom is -0.448 e. The van der Waals surface area contributed by atoms with Gasteiger partial charge in [0.1, 0.15) is 9.88 Å². The zero-order valence-corrected chi connectivity index (χ0v) is 13.2. The SMILES string of the molecule is C[C@@H](OC(=O)c1ccc(-c2nc3ccccc3s2)s1)C(N)=O. The van der Waals surface area contributed by atoms with Crippen LogP contribution in [-0.4, -0.2) is 23.0 Å². The van der Waals surface area contributed by atoms with Crippen molar-refractivity contribution >= 4 is 44.8 Å². The van der Waals surface area contributed by atoms with Gasteiger partial charge in [0, 0.05) is 0 Å². The van der Waals surface area contributed by atoms with Crippen LogP contribution in [0.1, 0.15) is 16.6 Å². The van der Waals surface area contributed by atoms with Crippen molar-refractivity contribution in [1.82, 2.24) is 4.98 Å². The van der Waals surface area contributed by atoms with Gasteiger partial charge in [-0.2, -0.15) is 0 Å². The lowest BCUT2D eigenvalue weighted by molar-refractivity contribution is -0.125. The van der Waals surface area contributed by atoms with E-state index < -0.39 is 18.0 Å². The maximum Gasteiger partial charge on any atom is 0.349 e. The van der Waals surface area contributed by atoms with Crippen molar-refractivity contribution in [1.29, 1.82) is 0 Å². The maximum atomic E-state index is 11.9. The Morgan fingerprint density at radius 2 is 1.95 bits per heavy atom. The normalized spacial score (nSPS) is 12.2. The summed E-state index contributed by atoms with van der Waals surface area (Å²) in [6.07, 6.45) is -0.944. The van der Waals surface area contributed by atoms with Crippen LogP contribution in [0.25, 0.3) is 20.1 Å². The number of rotatable bonds is 4. The molecular formula is C15H12N2O3S2. The van der Waals surface area contributed by atoms with Crippen LogP contribution in [0.15, 0.2) is 36.4 Å². The van der Waals surface area contributed by atoms with Crippen molar-refractivity contribution in [2.75, 3.05) is 0 Å². The van der Waals surface area contributed by atoms with E-state index in [2.05, 4.69) is 4.98 Å². The topological polar surface area (TPSA) is 82.3 Å². The van der Waals surface area contributed by atoms with Gasteiger partial charge in [0.05, 0.1) is 15.1 Å². The Bertz CT molecular complexity index is 820. The standard InChI is InChI=1S/C15H12N2O3S2/c1-8(13(16)18)20-15(19)12-7-6-11(21-12)14-17-9-4-2-3-5-10(9)22-14/h2-8H,1H3,(H2,16,18)/t8-/m1/s1. The van der Waals surface area contributed by atoms with E-state index in [0.29, 0.717) is 4.88 Å². The number of fused-ring (bicyclic) bond motifs is 1. The summed E-state index contributed by atoms with van der Waals surface area (Å²) in [4.78, 5) is 28.7. The molecule has 0 spiro atoms. The number of primary amides is 1. The molecule has 3 rings (SSSR count). The summed E-state index contributed by atoms with van der Waals surface area (Å²) in [5.41, 5.74) is 6.01. The van der Waals surface area contributed by atoms with E-state index in [-0.39, 0.29) is 0 Å². The van der Waals surface area contributed by atoms with E-state index in [0.717, 1.165) is 20.1 Å². The Morgan fingerprint density at radius 3 is 2.68 bits per heavy atom. The first kappa shape index (κ1) is 14.7. The van der Waals surface area contributed by atoms with E-state index in [4.69, 9.17) is 10.5 Å². The monoisotopic (exact) mass is 332 g/mol. The summed E-state index contributed by atoms with van der Waals surface area (Å²) in [5.74, 6) is -1.22. The lowest BCUT2D eigenvalue weighted by atomic mass is 10.3. The van der Waals surface area contributed by atoms with E-state index in [1.54, 1.807) is 17.4 Å². The molecule has 1 atom stereocenters. The Balaban J connectivity index is 1.84. The number of hydrogen-bond donors (Lipinski definition) is 1. The number of nitrogens with zero attached hydrogens (tertiary/aromatic N) is 1. The number of aromatic nitrogens is 1. The average Bonchev–Trinajstić information content (AvgIpc) is 3.13. The quantitative estimate of drug-likeness (QED) is 0.744. The number of para-hydroxylation sites is 1. The van der Waals surface area contributed by atoms with Crippen LogP contribution < -0.4 is 5.73 Å². The second kappa shape index (κ2) is 5.86. The van der Waals surface area contributed by atoms with E-state index in [9.17, 15) is 9.59 Å². The number of benzene rings is 1. The smallest absolute Gasteiger partial charge is 0.349 e. The van der Waals surface area contributed by atoms with Crippen LogP contribution in [0.2, 0.25) is 0 Å². The van der Waals surface area contributed by atoms with Crippen molar-refractivity contribution in [3.8, 4) is 9.88 Å². The number of thiophene rings is 1. The fourth-order valence-corrected chi connectivity index (χ4v) is 3.73.